The maximum atomic E-state index is 11.2. The number of amides is 1. The number of carbonyl (C=O) groups excluding carboxylic acids is 1. The maximum absolute atomic E-state index is 11.2. The van der Waals surface area contributed by atoms with Gasteiger partial charge in [-0.3, -0.25) is 4.79 Å². The zero-order chi connectivity index (χ0) is 7.28. The molecule has 1 amide bonds. The molecule has 0 radical (unpaired) electrons. The smallest absolute Gasteiger partial charge is 0.315 e. The van der Waals surface area contributed by atoms with Crippen molar-refractivity contribution in [2.45, 2.75) is 6.43 Å². The first-order chi connectivity index (χ1) is 4.18. The molecule has 0 atom stereocenters. The van der Waals surface area contributed by atoms with E-state index in [2.05, 4.69) is 0 Å². The first kappa shape index (κ1) is 8.26. The van der Waals surface area contributed by atoms with E-state index in [0.29, 0.717) is 0 Å². The van der Waals surface area contributed by atoms with Crippen molar-refractivity contribution in [3.63, 3.8) is 0 Å². The van der Waals surface area contributed by atoms with Crippen LogP contribution in [0.2, 0.25) is 0 Å². The molecule has 0 bridgehead atoms. The van der Waals surface area contributed by atoms with E-state index < -0.39 is 19.0 Å². The van der Waals surface area contributed by atoms with E-state index in [4.69, 9.17) is 0 Å². The number of hydrogen-bond donors (Lipinski definition) is 1. The van der Waals surface area contributed by atoms with Crippen molar-refractivity contribution < 1.29 is 18.0 Å². The maximum Gasteiger partial charge on any atom is 0.315 e. The number of carbonyl (C=O) groups is 1. The van der Waals surface area contributed by atoms with Gasteiger partial charge in [0.1, 0.15) is 6.67 Å². The Labute approximate surface area is 50.0 Å². The van der Waals surface area contributed by atoms with Gasteiger partial charge in [0.25, 0.3) is 5.91 Å². The molecular weight excluding hydrogens is 135 g/mol. The lowest BCUT2D eigenvalue weighted by molar-refractivity contribution is -0.131. The van der Waals surface area contributed by atoms with Crippen LogP contribution in [0.3, 0.4) is 0 Å². The second-order valence-corrected chi connectivity index (χ2v) is 1.28. The molecular formula is C4H6F3NO. The summed E-state index contributed by atoms with van der Waals surface area (Å²) in [5.74, 6) is -1.42. The normalized spacial score (nSPS) is 9.78. The highest BCUT2D eigenvalue weighted by Gasteiger charge is 2.12. The Bertz CT molecular complexity index is 95.8. The summed E-state index contributed by atoms with van der Waals surface area (Å²) in [5, 5.41) is 1.67. The van der Waals surface area contributed by atoms with Gasteiger partial charge in [-0.05, 0) is 0 Å². The summed E-state index contributed by atoms with van der Waals surface area (Å²) in [6.07, 6.45) is -3.04. The number of hydrogen-bond acceptors (Lipinski definition) is 1. The molecule has 0 unspecified atom stereocenters. The quantitative estimate of drug-likeness (QED) is 0.603. The summed E-state index contributed by atoms with van der Waals surface area (Å²) in [7, 11) is 0. The van der Waals surface area contributed by atoms with Gasteiger partial charge < -0.3 is 5.32 Å². The molecule has 0 aromatic carbocycles. The van der Waals surface area contributed by atoms with Crippen LogP contribution in [0.1, 0.15) is 0 Å². The molecule has 0 aliphatic rings. The Hall–Kier alpha value is -0.740. The second kappa shape index (κ2) is 4.17. The predicted molar refractivity (Wildman–Crippen MR) is 25.0 cm³/mol. The molecule has 0 saturated heterocycles. The monoisotopic (exact) mass is 141 g/mol. The number of alkyl halides is 3. The van der Waals surface area contributed by atoms with E-state index in [1.165, 1.54) is 0 Å². The molecule has 9 heavy (non-hydrogen) atoms. The van der Waals surface area contributed by atoms with Gasteiger partial charge in [-0.25, -0.2) is 4.39 Å². The molecule has 0 rings (SSSR count). The van der Waals surface area contributed by atoms with E-state index in [1.54, 1.807) is 5.32 Å². The van der Waals surface area contributed by atoms with Crippen LogP contribution < -0.4 is 5.32 Å². The lowest BCUT2D eigenvalue weighted by atomic mass is 10.6. The highest BCUT2D eigenvalue weighted by atomic mass is 19.3. The van der Waals surface area contributed by atoms with Crippen LogP contribution >= 0.6 is 0 Å². The SMILES string of the molecule is O=C(NCCF)C(F)F. The van der Waals surface area contributed by atoms with Crippen LogP contribution in [0.15, 0.2) is 0 Å². The molecule has 0 aromatic rings. The summed E-state index contributed by atoms with van der Waals surface area (Å²) in [6, 6.07) is 0. The van der Waals surface area contributed by atoms with Crippen LogP contribution in [0.25, 0.3) is 0 Å². The van der Waals surface area contributed by atoms with E-state index in [1.807, 2.05) is 0 Å². The van der Waals surface area contributed by atoms with Gasteiger partial charge in [-0.15, -0.1) is 0 Å². The van der Waals surface area contributed by atoms with E-state index >= 15 is 0 Å². The Balaban J connectivity index is 3.28. The number of halogens is 3. The number of nitrogens with one attached hydrogen (secondary N) is 1. The molecule has 0 heterocycles. The fraction of sp³-hybridized carbons (Fsp3) is 0.750. The van der Waals surface area contributed by atoms with E-state index in [-0.39, 0.29) is 6.54 Å². The average Bonchev–Trinajstić information content (AvgIpc) is 1.82. The van der Waals surface area contributed by atoms with Crippen LogP contribution in [-0.2, 0) is 4.79 Å². The van der Waals surface area contributed by atoms with Gasteiger partial charge in [0.15, 0.2) is 0 Å². The van der Waals surface area contributed by atoms with Crippen molar-refractivity contribution in [2.75, 3.05) is 13.2 Å². The van der Waals surface area contributed by atoms with Gasteiger partial charge in [-0.1, -0.05) is 0 Å². The zero-order valence-electron chi connectivity index (χ0n) is 4.53. The molecule has 0 spiro atoms. The van der Waals surface area contributed by atoms with E-state index in [0.717, 1.165) is 0 Å². The Morgan fingerprint density at radius 2 is 2.11 bits per heavy atom. The third-order valence-electron chi connectivity index (χ3n) is 0.592. The minimum atomic E-state index is -3.04. The number of rotatable bonds is 3. The fourth-order valence-electron chi connectivity index (χ4n) is 0.248. The van der Waals surface area contributed by atoms with Crippen molar-refractivity contribution in [3.8, 4) is 0 Å². The van der Waals surface area contributed by atoms with Gasteiger partial charge in [0, 0.05) is 6.54 Å². The Morgan fingerprint density at radius 1 is 1.56 bits per heavy atom. The zero-order valence-corrected chi connectivity index (χ0v) is 4.53. The lowest BCUT2D eigenvalue weighted by Crippen LogP contribution is -2.30. The van der Waals surface area contributed by atoms with Gasteiger partial charge >= 0.3 is 6.43 Å². The molecule has 5 heteroatoms. The molecule has 54 valence electrons. The Kier molecular flexibility index (Phi) is 3.83. The third-order valence-corrected chi connectivity index (χ3v) is 0.592. The molecule has 0 aliphatic carbocycles. The van der Waals surface area contributed by atoms with Crippen molar-refractivity contribution in [1.29, 1.82) is 0 Å². The minimum absolute atomic E-state index is 0.344. The largest absolute Gasteiger partial charge is 0.349 e. The molecule has 2 nitrogen and oxygen atoms in total. The van der Waals surface area contributed by atoms with Crippen molar-refractivity contribution in [2.24, 2.45) is 0 Å². The molecule has 0 saturated carbocycles. The van der Waals surface area contributed by atoms with Crippen LogP contribution in [0.4, 0.5) is 13.2 Å². The second-order valence-electron chi connectivity index (χ2n) is 1.28. The van der Waals surface area contributed by atoms with Crippen LogP contribution in [-0.4, -0.2) is 25.6 Å². The first-order valence-corrected chi connectivity index (χ1v) is 2.30. The summed E-state index contributed by atoms with van der Waals surface area (Å²) >= 11 is 0. The molecule has 0 fully saturated rings. The summed E-state index contributed by atoms with van der Waals surface area (Å²) < 4.78 is 33.6. The molecule has 0 aromatic heterocycles. The Morgan fingerprint density at radius 3 is 2.44 bits per heavy atom. The predicted octanol–water partition coefficient (Wildman–Crippen LogP) is 0.337. The minimum Gasteiger partial charge on any atom is -0.349 e. The van der Waals surface area contributed by atoms with Crippen LogP contribution in [0.5, 0.6) is 0 Å². The average molecular weight is 141 g/mol. The van der Waals surface area contributed by atoms with Crippen molar-refractivity contribution in [3.05, 3.63) is 0 Å². The highest BCUT2D eigenvalue weighted by molar-refractivity contribution is 5.78. The van der Waals surface area contributed by atoms with Crippen LogP contribution in [0, 0.1) is 0 Å². The van der Waals surface area contributed by atoms with Crippen molar-refractivity contribution >= 4 is 5.91 Å². The summed E-state index contributed by atoms with van der Waals surface area (Å²) in [6.45, 7) is -1.17. The van der Waals surface area contributed by atoms with Gasteiger partial charge in [-0.2, -0.15) is 8.78 Å². The van der Waals surface area contributed by atoms with Gasteiger partial charge in [0.05, 0.1) is 0 Å². The first-order valence-electron chi connectivity index (χ1n) is 2.30. The lowest BCUT2D eigenvalue weighted by Gasteiger charge is -1.98. The summed E-state index contributed by atoms with van der Waals surface area (Å²) in [4.78, 5) is 9.87. The third kappa shape index (κ3) is 3.81. The van der Waals surface area contributed by atoms with Crippen molar-refractivity contribution in [1.82, 2.24) is 5.32 Å². The van der Waals surface area contributed by atoms with Gasteiger partial charge in [0.2, 0.25) is 0 Å². The standard InChI is InChI=1S/C4H6F3NO/c5-1-2-8-4(9)3(6)7/h3H,1-2H2,(H,8,9). The fourth-order valence-corrected chi connectivity index (χ4v) is 0.248. The highest BCUT2D eigenvalue weighted by Crippen LogP contribution is 1.89. The summed E-state index contributed by atoms with van der Waals surface area (Å²) in [5.41, 5.74) is 0. The van der Waals surface area contributed by atoms with E-state index in [9.17, 15) is 18.0 Å². The molecule has 0 aliphatic heterocycles. The topological polar surface area (TPSA) is 29.1 Å². The molecule has 1 N–H and O–H groups in total.